The van der Waals surface area contributed by atoms with Gasteiger partial charge in [0, 0.05) is 23.9 Å². The molecule has 145 valence electrons. The molecule has 0 bridgehead atoms. The van der Waals surface area contributed by atoms with E-state index in [1.807, 2.05) is 18.2 Å². The summed E-state index contributed by atoms with van der Waals surface area (Å²) < 4.78 is 15.5. The first-order chi connectivity index (χ1) is 14.2. The predicted molar refractivity (Wildman–Crippen MR) is 113 cm³/mol. The van der Waals surface area contributed by atoms with Gasteiger partial charge in [0.25, 0.3) is 0 Å². The fourth-order valence-corrected chi connectivity index (χ4v) is 4.50. The van der Waals surface area contributed by atoms with Crippen LogP contribution in [0.1, 0.15) is 25.7 Å². The molecule has 1 radical (unpaired) electrons. The topological polar surface area (TPSA) is 75.6 Å². The molecule has 0 unspecified atom stereocenters. The molecule has 0 saturated heterocycles. The lowest BCUT2D eigenvalue weighted by Crippen LogP contribution is -2.13. The van der Waals surface area contributed by atoms with Crippen LogP contribution < -0.4 is 10.6 Å². The van der Waals surface area contributed by atoms with Gasteiger partial charge in [-0.1, -0.05) is 30.2 Å². The van der Waals surface area contributed by atoms with Crippen molar-refractivity contribution in [3.8, 4) is 11.3 Å². The first kappa shape index (κ1) is 17.9. The quantitative estimate of drug-likeness (QED) is 0.476. The SMILES string of the molecule is Fc1cnc(Nc2cc[c]cn2)nc1-c1ccc2nc(NC3CCCC3)sc2c1. The number of benzene rings is 1. The Morgan fingerprint density at radius 2 is 2.00 bits per heavy atom. The first-order valence-electron chi connectivity index (χ1n) is 9.54. The highest BCUT2D eigenvalue weighted by Crippen LogP contribution is 2.32. The molecule has 0 amide bonds. The number of rotatable bonds is 5. The van der Waals surface area contributed by atoms with E-state index in [4.69, 9.17) is 0 Å². The van der Waals surface area contributed by atoms with Gasteiger partial charge >= 0.3 is 0 Å². The lowest BCUT2D eigenvalue weighted by Gasteiger charge is -2.09. The molecule has 3 aromatic heterocycles. The van der Waals surface area contributed by atoms with Crippen molar-refractivity contribution >= 4 is 38.5 Å². The van der Waals surface area contributed by atoms with E-state index in [0.29, 0.717) is 17.4 Å². The summed E-state index contributed by atoms with van der Waals surface area (Å²) in [7, 11) is 0. The van der Waals surface area contributed by atoms with Crippen molar-refractivity contribution in [2.24, 2.45) is 0 Å². The van der Waals surface area contributed by atoms with Gasteiger partial charge < -0.3 is 10.6 Å². The highest BCUT2D eigenvalue weighted by atomic mass is 32.1. The average molecular weight is 405 g/mol. The number of halogens is 1. The second-order valence-electron chi connectivity index (χ2n) is 6.99. The molecule has 0 atom stereocenters. The van der Waals surface area contributed by atoms with Crippen molar-refractivity contribution < 1.29 is 4.39 Å². The zero-order chi connectivity index (χ0) is 19.6. The number of nitrogens with zero attached hydrogens (tertiary/aromatic N) is 4. The van der Waals surface area contributed by atoms with Crippen molar-refractivity contribution in [2.75, 3.05) is 10.6 Å². The van der Waals surface area contributed by atoms with Crippen molar-refractivity contribution in [3.05, 3.63) is 54.6 Å². The number of thiazole rings is 1. The molecule has 3 heterocycles. The molecule has 2 N–H and O–H groups in total. The fourth-order valence-electron chi connectivity index (χ4n) is 3.52. The van der Waals surface area contributed by atoms with Crippen LogP contribution in [0.3, 0.4) is 0 Å². The summed E-state index contributed by atoms with van der Waals surface area (Å²) in [6.45, 7) is 0. The average Bonchev–Trinajstić information content (AvgIpc) is 3.39. The van der Waals surface area contributed by atoms with Crippen molar-refractivity contribution in [1.29, 1.82) is 0 Å². The smallest absolute Gasteiger partial charge is 0.229 e. The minimum atomic E-state index is -0.474. The number of nitrogens with one attached hydrogen (secondary N) is 2. The van der Waals surface area contributed by atoms with Crippen LogP contribution in [0.4, 0.5) is 21.3 Å². The maximum absolute atomic E-state index is 14.5. The van der Waals surface area contributed by atoms with E-state index in [-0.39, 0.29) is 11.6 Å². The minimum absolute atomic E-state index is 0.241. The Balaban J connectivity index is 1.44. The van der Waals surface area contributed by atoms with Crippen molar-refractivity contribution in [1.82, 2.24) is 19.9 Å². The third-order valence-corrected chi connectivity index (χ3v) is 5.89. The molecule has 1 saturated carbocycles. The van der Waals surface area contributed by atoms with Gasteiger partial charge in [-0.2, -0.15) is 0 Å². The zero-order valence-corrected chi connectivity index (χ0v) is 16.3. The van der Waals surface area contributed by atoms with Gasteiger partial charge in [-0.3, -0.25) is 0 Å². The van der Waals surface area contributed by atoms with Crippen LogP contribution in [0.2, 0.25) is 0 Å². The van der Waals surface area contributed by atoms with Crippen molar-refractivity contribution in [2.45, 2.75) is 31.7 Å². The third kappa shape index (κ3) is 3.88. The first-order valence-corrected chi connectivity index (χ1v) is 10.4. The predicted octanol–water partition coefficient (Wildman–Crippen LogP) is 5.19. The molecule has 1 fully saturated rings. The number of hydrogen-bond donors (Lipinski definition) is 2. The van der Waals surface area contributed by atoms with Gasteiger partial charge in [0.2, 0.25) is 5.95 Å². The summed E-state index contributed by atoms with van der Waals surface area (Å²) in [6, 6.07) is 12.5. The normalized spacial score (nSPS) is 14.4. The molecule has 1 aliphatic carbocycles. The Kier molecular flexibility index (Phi) is 4.77. The van der Waals surface area contributed by atoms with Gasteiger partial charge in [0.15, 0.2) is 10.9 Å². The van der Waals surface area contributed by atoms with Crippen LogP contribution >= 0.6 is 11.3 Å². The Hall–Kier alpha value is -3.13. The highest BCUT2D eigenvalue weighted by Gasteiger charge is 2.17. The lowest BCUT2D eigenvalue weighted by molar-refractivity contribution is 0.619. The molecule has 5 rings (SSSR count). The molecule has 0 aliphatic heterocycles. The largest absolute Gasteiger partial charge is 0.359 e. The summed E-state index contributed by atoms with van der Waals surface area (Å²) in [6.07, 6.45) is 7.64. The van der Waals surface area contributed by atoms with Crippen molar-refractivity contribution in [3.63, 3.8) is 0 Å². The Labute approximate surface area is 171 Å². The van der Waals surface area contributed by atoms with E-state index in [9.17, 15) is 4.39 Å². The molecule has 1 aliphatic rings. The molecular weight excluding hydrogens is 387 g/mol. The molecular formula is C21H18FN6S. The number of pyridine rings is 1. The standard InChI is InChI=1S/C21H18FN6S/c22-15-12-24-20(27-18-7-3-4-10-23-18)28-19(15)13-8-9-16-17(11-13)29-21(26-16)25-14-5-1-2-6-14/h3,7-12,14H,1-2,5-6H2,(H,25,26)(H,23,24,27,28). The van der Waals surface area contributed by atoms with Crippen LogP contribution in [0.15, 0.2) is 42.7 Å². The summed E-state index contributed by atoms with van der Waals surface area (Å²) in [5.74, 6) is 0.382. The van der Waals surface area contributed by atoms with E-state index in [1.165, 1.54) is 31.9 Å². The summed E-state index contributed by atoms with van der Waals surface area (Å²) in [5.41, 5.74) is 1.83. The Morgan fingerprint density at radius 1 is 1.10 bits per heavy atom. The number of aromatic nitrogens is 4. The summed E-state index contributed by atoms with van der Waals surface area (Å²) in [5, 5.41) is 7.43. The second-order valence-corrected chi connectivity index (χ2v) is 8.02. The maximum Gasteiger partial charge on any atom is 0.229 e. The van der Waals surface area contributed by atoms with Crippen LogP contribution in [0.25, 0.3) is 21.5 Å². The zero-order valence-electron chi connectivity index (χ0n) is 15.5. The Morgan fingerprint density at radius 3 is 2.83 bits per heavy atom. The molecule has 4 aromatic rings. The minimum Gasteiger partial charge on any atom is -0.359 e. The van der Waals surface area contributed by atoms with E-state index >= 15 is 0 Å². The monoisotopic (exact) mass is 405 g/mol. The van der Waals surface area contributed by atoms with Gasteiger partial charge in [-0.05, 0) is 37.1 Å². The van der Waals surface area contributed by atoms with Crippen LogP contribution in [0.5, 0.6) is 0 Å². The van der Waals surface area contributed by atoms with Gasteiger partial charge in [0.05, 0.1) is 16.4 Å². The lowest BCUT2D eigenvalue weighted by atomic mass is 10.1. The number of hydrogen-bond acceptors (Lipinski definition) is 7. The third-order valence-electron chi connectivity index (χ3n) is 4.94. The fraction of sp³-hybridized carbons (Fsp3) is 0.238. The van der Waals surface area contributed by atoms with Crippen LogP contribution in [0, 0.1) is 11.9 Å². The van der Waals surface area contributed by atoms with Gasteiger partial charge in [-0.25, -0.2) is 24.3 Å². The van der Waals surface area contributed by atoms with E-state index in [1.54, 1.807) is 29.7 Å². The maximum atomic E-state index is 14.5. The van der Waals surface area contributed by atoms with E-state index < -0.39 is 5.82 Å². The van der Waals surface area contributed by atoms with Gasteiger partial charge in [-0.15, -0.1) is 0 Å². The summed E-state index contributed by atoms with van der Waals surface area (Å²) in [4.78, 5) is 17.2. The van der Waals surface area contributed by atoms with E-state index in [0.717, 1.165) is 15.3 Å². The molecule has 29 heavy (non-hydrogen) atoms. The van der Waals surface area contributed by atoms with E-state index in [2.05, 4.69) is 36.6 Å². The molecule has 8 heteroatoms. The molecule has 6 nitrogen and oxygen atoms in total. The molecule has 1 aromatic carbocycles. The second kappa shape index (κ2) is 7.71. The molecule has 0 spiro atoms. The summed E-state index contributed by atoms with van der Waals surface area (Å²) >= 11 is 1.59. The number of fused-ring (bicyclic) bond motifs is 1. The van der Waals surface area contributed by atoms with Crippen LogP contribution in [-0.2, 0) is 0 Å². The highest BCUT2D eigenvalue weighted by molar-refractivity contribution is 7.22. The van der Waals surface area contributed by atoms with Crippen LogP contribution in [-0.4, -0.2) is 26.0 Å². The van der Waals surface area contributed by atoms with Gasteiger partial charge in [0.1, 0.15) is 11.5 Å². The number of anilines is 3. The Bertz CT molecular complexity index is 1140.